The normalized spacial score (nSPS) is 11.3. The number of hydrogen-bond acceptors (Lipinski definition) is 4. The van der Waals surface area contributed by atoms with Crippen molar-refractivity contribution in [1.29, 1.82) is 0 Å². The number of hydrogen-bond donors (Lipinski definition) is 0. The molecule has 0 unspecified atom stereocenters. The van der Waals surface area contributed by atoms with Gasteiger partial charge in [-0.25, -0.2) is 4.98 Å². The Morgan fingerprint density at radius 2 is 2.13 bits per heavy atom. The predicted molar refractivity (Wildman–Crippen MR) is 80.6 cm³/mol. The van der Waals surface area contributed by atoms with E-state index >= 15 is 0 Å². The highest BCUT2D eigenvalue weighted by Gasteiger charge is 2.29. The van der Waals surface area contributed by atoms with Crippen LogP contribution in [0.3, 0.4) is 0 Å². The van der Waals surface area contributed by atoms with Gasteiger partial charge in [0.15, 0.2) is 18.1 Å². The number of thiophene rings is 1. The van der Waals surface area contributed by atoms with E-state index in [-0.39, 0.29) is 11.4 Å². The molecule has 4 nitrogen and oxygen atoms in total. The Morgan fingerprint density at radius 1 is 1.39 bits per heavy atom. The van der Waals surface area contributed by atoms with Gasteiger partial charge >= 0.3 is 6.18 Å². The Bertz CT molecular complexity index is 685. The van der Waals surface area contributed by atoms with Gasteiger partial charge in [-0.1, -0.05) is 0 Å². The number of ether oxygens (including phenoxy) is 1. The summed E-state index contributed by atoms with van der Waals surface area (Å²) in [5.74, 6) is -0.667. The number of carbonyl (C=O) groups is 1. The lowest BCUT2D eigenvalue weighted by Gasteiger charge is -2.18. The lowest BCUT2D eigenvalue weighted by atomic mass is 10.2. The van der Waals surface area contributed by atoms with Crippen LogP contribution in [-0.2, 0) is 6.54 Å². The number of aryl methyl sites for hydroxylation is 1. The molecule has 2 rings (SSSR count). The fraction of sp³-hybridized carbons (Fsp3) is 0.333. The van der Waals surface area contributed by atoms with Gasteiger partial charge in [-0.05, 0) is 36.1 Å². The van der Waals surface area contributed by atoms with Gasteiger partial charge in [0.05, 0.1) is 6.54 Å². The molecule has 0 atom stereocenters. The molecule has 0 aliphatic carbocycles. The molecule has 0 N–H and O–H groups in total. The van der Waals surface area contributed by atoms with Gasteiger partial charge in [0.1, 0.15) is 0 Å². The van der Waals surface area contributed by atoms with Gasteiger partial charge in [0, 0.05) is 18.1 Å². The van der Waals surface area contributed by atoms with E-state index in [2.05, 4.69) is 4.98 Å². The SMILES string of the molecule is Cc1ccsc1CN(C)C(=O)c1ncccc1OCC(F)(F)F. The molecule has 124 valence electrons. The third kappa shape index (κ3) is 4.69. The third-order valence-electron chi connectivity index (χ3n) is 3.06. The molecule has 0 aliphatic rings. The minimum Gasteiger partial charge on any atom is -0.482 e. The molecule has 0 bridgehead atoms. The monoisotopic (exact) mass is 344 g/mol. The van der Waals surface area contributed by atoms with Gasteiger partial charge < -0.3 is 9.64 Å². The van der Waals surface area contributed by atoms with Gasteiger partial charge in [0.25, 0.3) is 5.91 Å². The average molecular weight is 344 g/mol. The molecular formula is C15H15F3N2O2S. The molecule has 0 aliphatic heterocycles. The maximum Gasteiger partial charge on any atom is 0.422 e. The first-order chi connectivity index (χ1) is 10.8. The zero-order valence-corrected chi connectivity index (χ0v) is 13.4. The molecule has 1 amide bonds. The van der Waals surface area contributed by atoms with Crippen LogP contribution >= 0.6 is 11.3 Å². The summed E-state index contributed by atoms with van der Waals surface area (Å²) in [6, 6.07) is 4.67. The first kappa shape index (κ1) is 17.3. The molecule has 0 fully saturated rings. The topological polar surface area (TPSA) is 42.4 Å². The summed E-state index contributed by atoms with van der Waals surface area (Å²) in [6.45, 7) is 0.827. The second-order valence-corrected chi connectivity index (χ2v) is 5.94. The van der Waals surface area contributed by atoms with Crippen LogP contribution in [0.1, 0.15) is 20.9 Å². The van der Waals surface area contributed by atoms with E-state index in [0.29, 0.717) is 6.54 Å². The van der Waals surface area contributed by atoms with Crippen LogP contribution in [0.2, 0.25) is 0 Å². The number of alkyl halides is 3. The van der Waals surface area contributed by atoms with Gasteiger partial charge in [-0.3, -0.25) is 4.79 Å². The molecule has 2 aromatic rings. The Balaban J connectivity index is 2.14. The van der Waals surface area contributed by atoms with Crippen molar-refractivity contribution in [3.8, 4) is 5.75 Å². The highest BCUT2D eigenvalue weighted by Crippen LogP contribution is 2.23. The van der Waals surface area contributed by atoms with Crippen LogP contribution in [0.5, 0.6) is 5.75 Å². The summed E-state index contributed by atoms with van der Waals surface area (Å²) in [5, 5.41) is 1.92. The fourth-order valence-corrected chi connectivity index (χ4v) is 2.82. The van der Waals surface area contributed by atoms with Crippen LogP contribution in [0, 0.1) is 6.92 Å². The Morgan fingerprint density at radius 3 is 2.74 bits per heavy atom. The fourth-order valence-electron chi connectivity index (χ4n) is 1.86. The maximum atomic E-state index is 12.4. The lowest BCUT2D eigenvalue weighted by Crippen LogP contribution is -2.28. The van der Waals surface area contributed by atoms with Crippen LogP contribution in [0.4, 0.5) is 13.2 Å². The maximum absolute atomic E-state index is 12.4. The number of aromatic nitrogens is 1. The highest BCUT2D eigenvalue weighted by molar-refractivity contribution is 7.10. The minimum atomic E-state index is -4.48. The van der Waals surface area contributed by atoms with Crippen LogP contribution in [-0.4, -0.2) is 35.6 Å². The summed E-state index contributed by atoms with van der Waals surface area (Å²) in [7, 11) is 1.57. The van der Waals surface area contributed by atoms with Crippen LogP contribution in [0.15, 0.2) is 29.8 Å². The summed E-state index contributed by atoms with van der Waals surface area (Å²) < 4.78 is 41.6. The van der Waals surface area contributed by atoms with Crippen molar-refractivity contribution < 1.29 is 22.7 Å². The second kappa shape index (κ2) is 6.99. The van der Waals surface area contributed by atoms with Gasteiger partial charge in [-0.15, -0.1) is 11.3 Å². The van der Waals surface area contributed by atoms with E-state index < -0.39 is 18.7 Å². The molecule has 2 heterocycles. The van der Waals surface area contributed by atoms with Crippen molar-refractivity contribution in [2.45, 2.75) is 19.6 Å². The quantitative estimate of drug-likeness (QED) is 0.831. The molecule has 0 saturated carbocycles. The van der Waals surface area contributed by atoms with E-state index in [4.69, 9.17) is 4.74 Å². The minimum absolute atomic E-state index is 0.131. The van der Waals surface area contributed by atoms with Crippen LogP contribution in [0.25, 0.3) is 0 Å². The summed E-state index contributed by atoms with van der Waals surface area (Å²) in [6.07, 6.45) is -3.13. The molecule has 8 heteroatoms. The van der Waals surface area contributed by atoms with Crippen molar-refractivity contribution in [3.63, 3.8) is 0 Å². The summed E-state index contributed by atoms with van der Waals surface area (Å²) in [5.41, 5.74) is 0.928. The molecule has 23 heavy (non-hydrogen) atoms. The molecule has 0 spiro atoms. The number of carbonyl (C=O) groups excluding carboxylic acids is 1. The number of rotatable bonds is 5. The molecular weight excluding hydrogens is 329 g/mol. The van der Waals surface area contributed by atoms with E-state index in [9.17, 15) is 18.0 Å². The standard InChI is InChI=1S/C15H15F3N2O2S/c1-10-5-7-23-12(10)8-20(2)14(21)13-11(4-3-6-19-13)22-9-15(16,17)18/h3-7H,8-9H2,1-2H3. The van der Waals surface area contributed by atoms with Crippen molar-refractivity contribution in [2.24, 2.45) is 0 Å². The molecule has 0 aromatic carbocycles. The first-order valence-corrected chi connectivity index (χ1v) is 7.59. The lowest BCUT2D eigenvalue weighted by molar-refractivity contribution is -0.153. The summed E-state index contributed by atoms with van der Waals surface area (Å²) in [4.78, 5) is 18.7. The predicted octanol–water partition coefficient (Wildman–Crippen LogP) is 3.66. The van der Waals surface area contributed by atoms with E-state index in [1.165, 1.54) is 34.6 Å². The number of amides is 1. The zero-order valence-electron chi connectivity index (χ0n) is 12.6. The van der Waals surface area contributed by atoms with Gasteiger partial charge in [-0.2, -0.15) is 13.2 Å². The van der Waals surface area contributed by atoms with Crippen molar-refractivity contribution in [2.75, 3.05) is 13.7 Å². The van der Waals surface area contributed by atoms with Crippen molar-refractivity contribution in [3.05, 3.63) is 45.9 Å². The third-order valence-corrected chi connectivity index (χ3v) is 4.07. The molecule has 2 aromatic heterocycles. The Labute approximate surface area is 135 Å². The number of nitrogens with zero attached hydrogens (tertiary/aromatic N) is 2. The summed E-state index contributed by atoms with van der Waals surface area (Å²) >= 11 is 1.51. The van der Waals surface area contributed by atoms with Gasteiger partial charge in [0.2, 0.25) is 0 Å². The first-order valence-electron chi connectivity index (χ1n) is 6.71. The number of halogens is 3. The zero-order chi connectivity index (χ0) is 17.0. The largest absolute Gasteiger partial charge is 0.482 e. The molecule has 0 saturated heterocycles. The van der Waals surface area contributed by atoms with Crippen molar-refractivity contribution in [1.82, 2.24) is 9.88 Å². The van der Waals surface area contributed by atoms with E-state index in [1.807, 2.05) is 18.4 Å². The Kier molecular flexibility index (Phi) is 5.25. The highest BCUT2D eigenvalue weighted by atomic mass is 32.1. The molecule has 0 radical (unpaired) electrons. The van der Waals surface area contributed by atoms with Crippen molar-refractivity contribution >= 4 is 17.2 Å². The van der Waals surface area contributed by atoms with E-state index in [1.54, 1.807) is 7.05 Å². The number of pyridine rings is 1. The average Bonchev–Trinajstić information content (AvgIpc) is 2.89. The smallest absolute Gasteiger partial charge is 0.422 e. The Hall–Kier alpha value is -2.09. The second-order valence-electron chi connectivity index (χ2n) is 4.94. The van der Waals surface area contributed by atoms with E-state index in [0.717, 1.165) is 10.4 Å². The van der Waals surface area contributed by atoms with Crippen LogP contribution < -0.4 is 4.74 Å².